The molecule has 0 N–H and O–H groups in total. The molecule has 0 amide bonds. The molecule has 0 aliphatic carbocycles. The molecule has 0 unspecified atom stereocenters. The largest absolute Gasteiger partial charge is 0.356 e. The third-order valence-electron chi connectivity index (χ3n) is 1.11. The lowest BCUT2D eigenvalue weighted by atomic mass is 10.2. The van der Waals surface area contributed by atoms with Crippen LogP contribution in [0.1, 0.15) is 48.0 Å². The highest BCUT2D eigenvalue weighted by atomic mass is 17.5. The molecule has 0 saturated heterocycles. The lowest BCUT2D eigenvalue weighted by Crippen LogP contribution is -2.23. The zero-order valence-electron chi connectivity index (χ0n) is 12.0. The van der Waals surface area contributed by atoms with Crippen LogP contribution in [0.15, 0.2) is 0 Å². The molecule has 0 spiro atoms. The first kappa shape index (κ1) is 17.8. The van der Waals surface area contributed by atoms with Gasteiger partial charge in [0.15, 0.2) is 6.42 Å². The maximum atomic E-state index is 11.1. The zero-order valence-corrected chi connectivity index (χ0v) is 12.0. The van der Waals surface area contributed by atoms with E-state index in [2.05, 4.69) is 29.6 Å². The van der Waals surface area contributed by atoms with E-state index in [9.17, 15) is 9.59 Å². The van der Waals surface area contributed by atoms with Gasteiger partial charge in [0.25, 0.3) is 0 Å². The van der Waals surface area contributed by atoms with Crippen LogP contribution in [0.5, 0.6) is 0 Å². The third-order valence-corrected chi connectivity index (χ3v) is 1.11. The second kappa shape index (κ2) is 7.39. The van der Waals surface area contributed by atoms with Gasteiger partial charge in [-0.1, -0.05) is 0 Å². The van der Waals surface area contributed by atoms with E-state index in [0.717, 1.165) is 0 Å². The van der Waals surface area contributed by atoms with Crippen molar-refractivity contribution in [2.75, 3.05) is 0 Å². The van der Waals surface area contributed by atoms with Crippen molar-refractivity contribution in [1.29, 1.82) is 0 Å². The van der Waals surface area contributed by atoms with Gasteiger partial charge in [-0.3, -0.25) is 9.78 Å². The quantitative estimate of drug-likeness (QED) is 0.413. The summed E-state index contributed by atoms with van der Waals surface area (Å²) in [6.07, 6.45) is -0.707. The Hall–Kier alpha value is -1.22. The van der Waals surface area contributed by atoms with E-state index >= 15 is 0 Å². The minimum absolute atomic E-state index is 0.648. The van der Waals surface area contributed by atoms with E-state index in [1.165, 1.54) is 0 Å². The molecule has 0 aromatic heterocycles. The Balaban J connectivity index is 3.73. The smallest absolute Gasteiger partial charge is 0.268 e. The highest BCUT2D eigenvalue weighted by Crippen LogP contribution is 2.09. The Labute approximate surface area is 111 Å². The Morgan fingerprint density at radius 2 is 1.05 bits per heavy atom. The van der Waals surface area contributed by atoms with Gasteiger partial charge in [0.05, 0.1) is 11.2 Å². The molecule has 19 heavy (non-hydrogen) atoms. The van der Waals surface area contributed by atoms with Crippen molar-refractivity contribution in [3.05, 3.63) is 0 Å². The summed E-state index contributed by atoms with van der Waals surface area (Å²) >= 11 is 0. The summed E-state index contributed by atoms with van der Waals surface area (Å²) in [5.41, 5.74) is -1.30. The second-order valence-corrected chi connectivity index (χ2v) is 5.61. The molecule has 8 heteroatoms. The normalized spacial score (nSPS) is 12.1. The summed E-state index contributed by atoms with van der Waals surface area (Å²) in [6.45, 7) is 10.1. The van der Waals surface area contributed by atoms with E-state index in [4.69, 9.17) is 0 Å². The Kier molecular flexibility index (Phi) is 6.91. The van der Waals surface area contributed by atoms with Crippen LogP contribution in [0.4, 0.5) is 0 Å². The highest BCUT2D eigenvalue weighted by molar-refractivity contribution is 5.90. The fraction of sp³-hybridized carbons (Fsp3) is 0.818. The number of hydrogen-bond acceptors (Lipinski definition) is 8. The molecule has 0 heterocycles. The van der Waals surface area contributed by atoms with Crippen molar-refractivity contribution in [3.8, 4) is 0 Å². The lowest BCUT2D eigenvalue weighted by molar-refractivity contribution is -0.518. The van der Waals surface area contributed by atoms with Gasteiger partial charge in [0.2, 0.25) is 0 Å². The molecule has 8 nitrogen and oxygen atoms in total. The first-order chi connectivity index (χ1) is 8.49. The average Bonchev–Trinajstić information content (AvgIpc) is 2.12. The van der Waals surface area contributed by atoms with Gasteiger partial charge in [-0.15, -0.1) is 0 Å². The summed E-state index contributed by atoms with van der Waals surface area (Å²) in [5.74, 6) is -1.98. The predicted octanol–water partition coefficient (Wildman–Crippen LogP) is 1.79. The number of hydrogen-bond donors (Lipinski definition) is 0. The van der Waals surface area contributed by atoms with E-state index in [1.54, 1.807) is 41.5 Å². The number of rotatable bonds is 6. The first-order valence-electron chi connectivity index (χ1n) is 5.60. The molecule has 0 aliphatic heterocycles. The maximum Gasteiger partial charge on any atom is 0.356 e. The summed E-state index contributed by atoms with van der Waals surface area (Å²) in [6, 6.07) is 0. The van der Waals surface area contributed by atoms with Crippen LogP contribution < -0.4 is 0 Å². The lowest BCUT2D eigenvalue weighted by Gasteiger charge is -2.15. The van der Waals surface area contributed by atoms with Crippen molar-refractivity contribution in [2.24, 2.45) is 0 Å². The molecule has 0 aromatic rings. The van der Waals surface area contributed by atoms with Gasteiger partial charge in [-0.05, 0) is 51.6 Å². The van der Waals surface area contributed by atoms with Crippen LogP contribution >= 0.6 is 0 Å². The molecule has 0 atom stereocenters. The van der Waals surface area contributed by atoms with E-state index in [-0.39, 0.29) is 0 Å². The minimum Gasteiger partial charge on any atom is -0.268 e. The summed E-state index contributed by atoms with van der Waals surface area (Å²) in [4.78, 5) is 39.8. The van der Waals surface area contributed by atoms with Gasteiger partial charge in [-0.2, -0.15) is 9.78 Å². The molecule has 0 fully saturated rings. The standard InChI is InChI=1S/C11H20O8/c1-10(2,3)16-18-14-8(12)7-9(13)15-19-17-11(4,5)6/h7H2,1-6H3. The number of carbonyl (C=O) groups excluding carboxylic acids is 2. The van der Waals surface area contributed by atoms with Crippen molar-refractivity contribution in [1.82, 2.24) is 0 Å². The fourth-order valence-electron chi connectivity index (χ4n) is 0.491. The van der Waals surface area contributed by atoms with Crippen LogP contribution in [0, 0.1) is 0 Å². The Morgan fingerprint density at radius 1 is 0.737 bits per heavy atom. The molecule has 0 bridgehead atoms. The molecule has 0 saturated carbocycles. The van der Waals surface area contributed by atoms with Gasteiger partial charge in [0, 0.05) is 0 Å². The van der Waals surface area contributed by atoms with Crippen molar-refractivity contribution >= 4 is 11.9 Å². The van der Waals surface area contributed by atoms with Crippen molar-refractivity contribution in [3.63, 3.8) is 0 Å². The van der Waals surface area contributed by atoms with Crippen LogP contribution in [0.2, 0.25) is 0 Å². The van der Waals surface area contributed by atoms with Gasteiger partial charge >= 0.3 is 11.9 Å². The van der Waals surface area contributed by atoms with Crippen LogP contribution in [0.3, 0.4) is 0 Å². The SMILES string of the molecule is CC(C)(C)OOOC(=O)CC(=O)OOOC(C)(C)C. The molecular weight excluding hydrogens is 260 g/mol. The number of carbonyl (C=O) groups is 2. The molecule has 112 valence electrons. The topological polar surface area (TPSA) is 89.5 Å². The maximum absolute atomic E-state index is 11.1. The Bertz CT molecular complexity index is 269. The molecule has 0 aliphatic rings. The average molecular weight is 280 g/mol. The molecule has 0 aromatic carbocycles. The summed E-state index contributed by atoms with van der Waals surface area (Å²) in [5, 5.41) is 8.38. The first-order valence-corrected chi connectivity index (χ1v) is 5.60. The summed E-state index contributed by atoms with van der Waals surface area (Å²) in [7, 11) is 0. The Morgan fingerprint density at radius 3 is 1.32 bits per heavy atom. The second-order valence-electron chi connectivity index (χ2n) is 5.61. The van der Waals surface area contributed by atoms with Gasteiger partial charge < -0.3 is 0 Å². The van der Waals surface area contributed by atoms with E-state index in [0.29, 0.717) is 0 Å². The van der Waals surface area contributed by atoms with E-state index < -0.39 is 29.6 Å². The molecular formula is C11H20O8. The summed E-state index contributed by atoms with van der Waals surface area (Å²) < 4.78 is 0. The van der Waals surface area contributed by atoms with Crippen LogP contribution in [0.25, 0.3) is 0 Å². The minimum atomic E-state index is -0.992. The zero-order chi connectivity index (χ0) is 15.1. The monoisotopic (exact) mass is 280 g/mol. The van der Waals surface area contributed by atoms with Crippen molar-refractivity contribution < 1.29 is 39.2 Å². The van der Waals surface area contributed by atoms with Crippen LogP contribution in [-0.4, -0.2) is 23.1 Å². The fourth-order valence-corrected chi connectivity index (χ4v) is 0.491. The molecule has 0 rings (SSSR count). The predicted molar refractivity (Wildman–Crippen MR) is 60.6 cm³/mol. The third kappa shape index (κ3) is 13.0. The van der Waals surface area contributed by atoms with Crippen LogP contribution in [-0.2, 0) is 39.2 Å². The van der Waals surface area contributed by atoms with Crippen molar-refractivity contribution in [2.45, 2.75) is 59.2 Å². The molecule has 0 radical (unpaired) electrons. The highest BCUT2D eigenvalue weighted by Gasteiger charge is 2.19. The van der Waals surface area contributed by atoms with Gasteiger partial charge in [-0.25, -0.2) is 9.59 Å². The van der Waals surface area contributed by atoms with E-state index in [1.807, 2.05) is 0 Å². The van der Waals surface area contributed by atoms with Gasteiger partial charge in [0.1, 0.15) is 0 Å².